The van der Waals surface area contributed by atoms with Crippen LogP contribution in [0.25, 0.3) is 157 Å². The molecule has 8 nitrogen and oxygen atoms in total. The first-order chi connectivity index (χ1) is 43.4. The molecule has 0 unspecified atom stereocenters. The molecule has 0 saturated heterocycles. The Hall–Kier alpha value is -11.7. The summed E-state index contributed by atoms with van der Waals surface area (Å²) >= 11 is 0. The fraction of sp³-hybridized carbons (Fsp3) is 0.0250. The van der Waals surface area contributed by atoms with E-state index >= 15 is 0 Å². The maximum atomic E-state index is 5.34. The van der Waals surface area contributed by atoms with E-state index in [1.54, 1.807) is 0 Å². The van der Waals surface area contributed by atoms with E-state index in [1.807, 2.05) is 72.8 Å². The highest BCUT2D eigenvalue weighted by Gasteiger charge is 2.25. The van der Waals surface area contributed by atoms with Gasteiger partial charge in [0.1, 0.15) is 0 Å². The monoisotopic (exact) mass is 1130 g/mol. The van der Waals surface area contributed by atoms with Gasteiger partial charge in [-0.1, -0.05) is 230 Å². The van der Waals surface area contributed by atoms with Crippen LogP contribution in [0.2, 0.25) is 0 Å². The molecule has 0 radical (unpaired) electrons. The summed E-state index contributed by atoms with van der Waals surface area (Å²) in [6, 6.07) is 103. The Balaban J connectivity index is 1.02. The average molecular weight is 1130 g/mol. The average Bonchev–Trinajstić information content (AvgIpc) is 1.71. The summed E-state index contributed by atoms with van der Waals surface area (Å²) in [6.07, 6.45) is 0. The van der Waals surface area contributed by atoms with E-state index in [2.05, 4.69) is 241 Å². The quantitative estimate of drug-likeness (QED) is 0.128. The van der Waals surface area contributed by atoms with Gasteiger partial charge in [-0.05, 0) is 109 Å². The second-order valence-corrected chi connectivity index (χ2v) is 22.4. The second-order valence-electron chi connectivity index (χ2n) is 22.4. The lowest BCUT2D eigenvalue weighted by Gasteiger charge is -2.21. The van der Waals surface area contributed by atoms with Crippen LogP contribution in [0.5, 0.6) is 0 Å². The largest absolute Gasteiger partial charge is 0.309 e. The molecule has 16 rings (SSSR count). The summed E-state index contributed by atoms with van der Waals surface area (Å²) in [7, 11) is 0. The van der Waals surface area contributed by atoms with E-state index < -0.39 is 0 Å². The molecule has 0 spiro atoms. The minimum absolute atomic E-state index is 0.543. The smallest absolute Gasteiger partial charge is 0.164 e. The molecule has 4 aromatic heterocycles. The fourth-order valence-electron chi connectivity index (χ4n) is 12.4. The molecule has 0 saturated carbocycles. The summed E-state index contributed by atoms with van der Waals surface area (Å²) in [5.74, 6) is 3.41. The summed E-state index contributed by atoms with van der Waals surface area (Å²) in [5.41, 5.74) is 20.4. The molecule has 414 valence electrons. The molecule has 8 heteroatoms. The highest BCUT2D eigenvalue weighted by molar-refractivity contribution is 6.13. The minimum atomic E-state index is 0.543. The van der Waals surface area contributed by atoms with E-state index in [4.69, 9.17) is 29.9 Å². The minimum Gasteiger partial charge on any atom is -0.309 e. The van der Waals surface area contributed by atoms with Gasteiger partial charge in [0.2, 0.25) is 0 Å². The Morgan fingerprint density at radius 2 is 0.477 bits per heavy atom. The molecule has 0 bridgehead atoms. The molecule has 0 amide bonds. The number of fused-ring (bicyclic) bond motifs is 6. The van der Waals surface area contributed by atoms with Gasteiger partial charge in [-0.3, -0.25) is 0 Å². The lowest BCUT2D eigenvalue weighted by molar-refractivity contribution is 1.07. The van der Waals surface area contributed by atoms with Gasteiger partial charge in [-0.15, -0.1) is 0 Å². The van der Waals surface area contributed by atoms with Gasteiger partial charge < -0.3 is 9.13 Å². The number of para-hydroxylation sites is 2. The van der Waals surface area contributed by atoms with Crippen molar-refractivity contribution in [2.45, 2.75) is 13.8 Å². The van der Waals surface area contributed by atoms with Crippen molar-refractivity contribution in [3.63, 3.8) is 0 Å². The van der Waals surface area contributed by atoms with Crippen LogP contribution in [0.3, 0.4) is 0 Å². The number of rotatable bonds is 11. The Bertz CT molecular complexity index is 4860. The standard InChI is InChI=1S/C80H54N8/c1-51-31-35-53(36-32-51)59-39-43-71-65(47-59)63-27-15-17-29-69(63)87(71)73-45-41-61(79-83-75(55-19-7-3-8-20-55)81-76(84-79)56-21-9-4-10-22-56)49-67(73)68-50-62(80-85-77(57-23-11-5-12-24-57)82-78(86-80)58-25-13-6-14-26-58)42-46-74(68)88-70-30-18-16-28-64(70)66-48-60(40-44-72(66)88)54-37-33-52(2)34-38-54/h3-50H,1-2H3. The zero-order valence-electron chi connectivity index (χ0n) is 48.3. The van der Waals surface area contributed by atoms with Gasteiger partial charge in [0.05, 0.1) is 33.4 Å². The first-order valence-electron chi connectivity index (χ1n) is 29.7. The van der Waals surface area contributed by atoms with E-state index in [0.29, 0.717) is 34.9 Å². The van der Waals surface area contributed by atoms with Crippen LogP contribution < -0.4 is 0 Å². The number of hydrogen-bond donors (Lipinski definition) is 0. The first-order valence-corrected chi connectivity index (χ1v) is 29.7. The molecule has 12 aromatic carbocycles. The number of benzene rings is 12. The molecule has 4 heterocycles. The topological polar surface area (TPSA) is 87.2 Å². The van der Waals surface area contributed by atoms with E-state index in [-0.39, 0.29) is 0 Å². The van der Waals surface area contributed by atoms with Gasteiger partial charge in [0, 0.05) is 66.1 Å². The number of aryl methyl sites for hydroxylation is 2. The van der Waals surface area contributed by atoms with Crippen molar-refractivity contribution in [1.82, 2.24) is 39.0 Å². The van der Waals surface area contributed by atoms with Crippen molar-refractivity contribution in [2.24, 2.45) is 0 Å². The van der Waals surface area contributed by atoms with Crippen LogP contribution in [0.4, 0.5) is 0 Å². The van der Waals surface area contributed by atoms with Crippen molar-refractivity contribution in [2.75, 3.05) is 0 Å². The van der Waals surface area contributed by atoms with Crippen LogP contribution in [-0.2, 0) is 0 Å². The summed E-state index contributed by atoms with van der Waals surface area (Å²) in [6.45, 7) is 4.26. The molecule has 0 aliphatic rings. The maximum absolute atomic E-state index is 5.34. The van der Waals surface area contributed by atoms with Crippen molar-refractivity contribution in [1.29, 1.82) is 0 Å². The van der Waals surface area contributed by atoms with Crippen LogP contribution in [0.1, 0.15) is 11.1 Å². The van der Waals surface area contributed by atoms with Crippen LogP contribution in [-0.4, -0.2) is 39.0 Å². The zero-order chi connectivity index (χ0) is 58.7. The Kier molecular flexibility index (Phi) is 12.8. The Morgan fingerprint density at radius 1 is 0.205 bits per heavy atom. The molecule has 88 heavy (non-hydrogen) atoms. The normalized spacial score (nSPS) is 11.5. The zero-order valence-corrected chi connectivity index (χ0v) is 48.3. The highest BCUT2D eigenvalue weighted by atomic mass is 15.1. The summed E-state index contributed by atoms with van der Waals surface area (Å²) in [5, 5.41) is 4.58. The summed E-state index contributed by atoms with van der Waals surface area (Å²) in [4.78, 5) is 31.6. The number of aromatic nitrogens is 8. The van der Waals surface area contributed by atoms with E-state index in [1.165, 1.54) is 22.3 Å². The fourth-order valence-corrected chi connectivity index (χ4v) is 12.4. The van der Waals surface area contributed by atoms with E-state index in [0.717, 1.165) is 111 Å². The van der Waals surface area contributed by atoms with Gasteiger partial charge in [0.15, 0.2) is 34.9 Å². The second kappa shape index (κ2) is 21.7. The van der Waals surface area contributed by atoms with Crippen LogP contribution in [0.15, 0.2) is 291 Å². The molecule has 0 fully saturated rings. The lowest BCUT2D eigenvalue weighted by Crippen LogP contribution is -2.05. The number of hydrogen-bond acceptors (Lipinski definition) is 6. The van der Waals surface area contributed by atoms with Crippen molar-refractivity contribution >= 4 is 43.6 Å². The molecule has 0 aliphatic carbocycles. The molecule has 0 atom stereocenters. The molecule has 0 N–H and O–H groups in total. The predicted octanol–water partition coefficient (Wildman–Crippen LogP) is 19.9. The van der Waals surface area contributed by atoms with E-state index in [9.17, 15) is 0 Å². The number of nitrogens with zero attached hydrogens (tertiary/aromatic N) is 8. The van der Waals surface area contributed by atoms with Gasteiger partial charge in [0.25, 0.3) is 0 Å². The molecule has 16 aromatic rings. The summed E-state index contributed by atoms with van der Waals surface area (Å²) < 4.78 is 4.86. The van der Waals surface area contributed by atoms with Gasteiger partial charge in [-0.2, -0.15) is 0 Å². The molecular weight excluding hydrogens is 1070 g/mol. The van der Waals surface area contributed by atoms with Crippen molar-refractivity contribution in [3.8, 4) is 113 Å². The third-order valence-corrected chi connectivity index (χ3v) is 16.8. The SMILES string of the molecule is Cc1ccc(-c2ccc3c(c2)c2ccccc2n3-c2ccc(-c3nc(-c4ccccc4)nc(-c4ccccc4)n3)cc2-c2cc(-c3nc(-c4ccccc4)nc(-c4ccccc4)n3)ccc2-n2c3ccccc3c3cc(-c4ccc(C)cc4)ccc32)cc1. The maximum Gasteiger partial charge on any atom is 0.164 e. The lowest BCUT2D eigenvalue weighted by atomic mass is 9.95. The van der Waals surface area contributed by atoms with Gasteiger partial charge in [-0.25, -0.2) is 29.9 Å². The Labute approximate surface area is 509 Å². The third kappa shape index (κ3) is 9.37. The van der Waals surface area contributed by atoms with Crippen molar-refractivity contribution in [3.05, 3.63) is 302 Å². The van der Waals surface area contributed by atoms with Gasteiger partial charge >= 0.3 is 0 Å². The third-order valence-electron chi connectivity index (χ3n) is 16.8. The van der Waals surface area contributed by atoms with Crippen LogP contribution >= 0.6 is 0 Å². The first kappa shape index (κ1) is 51.9. The van der Waals surface area contributed by atoms with Crippen molar-refractivity contribution < 1.29 is 0 Å². The molecular formula is C80H54N8. The highest BCUT2D eigenvalue weighted by Crippen LogP contribution is 2.45. The van der Waals surface area contributed by atoms with Crippen LogP contribution in [0, 0.1) is 13.8 Å². The Morgan fingerprint density at radius 3 is 0.818 bits per heavy atom. The molecule has 0 aliphatic heterocycles. The predicted molar refractivity (Wildman–Crippen MR) is 360 cm³/mol.